The Balaban J connectivity index is 3.09. The van der Waals surface area contributed by atoms with Crippen molar-refractivity contribution >= 4 is 18.5 Å². The molecule has 0 amide bonds. The maximum absolute atomic E-state index is 10.6. The first-order valence-corrected chi connectivity index (χ1v) is 6.01. The average Bonchev–Trinajstić information content (AvgIpc) is 1.86. The summed E-state index contributed by atoms with van der Waals surface area (Å²) in [5.41, 5.74) is 0. The van der Waals surface area contributed by atoms with E-state index in [9.17, 15) is 3.74 Å². The van der Waals surface area contributed by atoms with Gasteiger partial charge in [0.2, 0.25) is 0 Å². The summed E-state index contributed by atoms with van der Waals surface area (Å²) in [6.07, 6.45) is 0. The summed E-state index contributed by atoms with van der Waals surface area (Å²) >= 11 is -4.71. The number of hydrogen-bond donors (Lipinski definition) is 2. The second-order valence-corrected chi connectivity index (χ2v) is 5.17. The minimum absolute atomic E-state index is 0.0131. The molecule has 1 aromatic rings. The Kier molecular flexibility index (Phi) is 1.63. The molecule has 1 rings (SSSR count). The monoisotopic (exact) mass is 203 g/mol. The first kappa shape index (κ1) is 6.22. The standard InChI is InChI=1S/C6H7AsO3/c8-7(9,10)6-4-2-1-3-5-6/h1-5H,(H2,8,9,10)/i1D. The van der Waals surface area contributed by atoms with Gasteiger partial charge in [0, 0.05) is 0 Å². The van der Waals surface area contributed by atoms with Crippen molar-refractivity contribution in [1.82, 2.24) is 0 Å². The van der Waals surface area contributed by atoms with Crippen LogP contribution >= 0.6 is 0 Å². The van der Waals surface area contributed by atoms with Crippen LogP contribution in [0, 0.1) is 0 Å². The third-order valence-electron chi connectivity index (χ3n) is 1.04. The summed E-state index contributed by atoms with van der Waals surface area (Å²) in [5, 5.41) is 0. The van der Waals surface area contributed by atoms with Crippen LogP contribution in [0.5, 0.6) is 0 Å². The molecule has 0 unspecified atom stereocenters. The fraction of sp³-hybridized carbons (Fsp3) is 0. The van der Waals surface area contributed by atoms with Crippen molar-refractivity contribution in [2.24, 2.45) is 0 Å². The predicted molar refractivity (Wildman–Crippen MR) is 37.0 cm³/mol. The quantitative estimate of drug-likeness (QED) is 0.590. The number of hydrogen-bond acceptors (Lipinski definition) is 1. The van der Waals surface area contributed by atoms with Crippen LogP contribution < -0.4 is 4.35 Å². The van der Waals surface area contributed by atoms with E-state index in [1.807, 2.05) is 0 Å². The zero-order valence-electron chi connectivity index (χ0n) is 6.06. The van der Waals surface area contributed by atoms with Gasteiger partial charge < -0.3 is 0 Å². The van der Waals surface area contributed by atoms with Crippen molar-refractivity contribution in [3.05, 3.63) is 30.3 Å². The Morgan fingerprint density at radius 1 is 1.40 bits per heavy atom. The second kappa shape index (κ2) is 2.62. The summed E-state index contributed by atoms with van der Waals surface area (Å²) in [6.45, 7) is 0. The zero-order chi connectivity index (χ0) is 8.48. The Hall–Kier alpha value is -0.502. The molecule has 0 atom stereocenters. The second-order valence-electron chi connectivity index (χ2n) is 1.80. The molecule has 4 heteroatoms. The van der Waals surface area contributed by atoms with E-state index in [4.69, 9.17) is 9.56 Å². The Labute approximate surface area is 62.7 Å². The molecule has 10 heavy (non-hydrogen) atoms. The molecular weight excluding hydrogens is 195 g/mol. The van der Waals surface area contributed by atoms with Gasteiger partial charge >= 0.3 is 62.1 Å². The van der Waals surface area contributed by atoms with Gasteiger partial charge in [0.15, 0.2) is 0 Å². The molecule has 0 bridgehead atoms. The summed E-state index contributed by atoms with van der Waals surface area (Å²) in [6, 6.07) is 5.52. The van der Waals surface area contributed by atoms with Crippen LogP contribution in [-0.4, -0.2) is 22.4 Å². The van der Waals surface area contributed by atoms with Crippen LogP contribution in [0.15, 0.2) is 30.3 Å². The molecule has 0 heterocycles. The molecular formula is C6H7AsO3. The topological polar surface area (TPSA) is 57.5 Å². The first-order chi connectivity index (χ1) is 5.00. The predicted octanol–water partition coefficient (Wildman–Crippen LogP) is -0.752. The molecule has 0 spiro atoms. The molecule has 0 aliphatic carbocycles. The van der Waals surface area contributed by atoms with E-state index < -0.39 is 14.2 Å². The van der Waals surface area contributed by atoms with Crippen molar-refractivity contribution in [3.63, 3.8) is 0 Å². The molecule has 0 radical (unpaired) electrons. The normalized spacial score (nSPS) is 12.8. The fourth-order valence-corrected chi connectivity index (χ4v) is 1.70. The maximum atomic E-state index is 10.6. The van der Waals surface area contributed by atoms with Gasteiger partial charge in [-0.25, -0.2) is 0 Å². The van der Waals surface area contributed by atoms with Gasteiger partial charge in [0.1, 0.15) is 0 Å². The molecule has 2 N–H and O–H groups in total. The van der Waals surface area contributed by atoms with Gasteiger partial charge in [0.05, 0.1) is 0 Å². The van der Waals surface area contributed by atoms with E-state index in [0.29, 0.717) is 0 Å². The van der Waals surface area contributed by atoms with Crippen LogP contribution in [0.25, 0.3) is 0 Å². The molecule has 3 nitrogen and oxygen atoms in total. The van der Waals surface area contributed by atoms with E-state index in [0.717, 1.165) is 0 Å². The number of rotatable bonds is 1. The van der Waals surface area contributed by atoms with Gasteiger partial charge in [-0.15, -0.1) is 0 Å². The van der Waals surface area contributed by atoms with E-state index in [1.54, 1.807) is 0 Å². The van der Waals surface area contributed by atoms with Gasteiger partial charge in [0.25, 0.3) is 0 Å². The van der Waals surface area contributed by atoms with Crippen LogP contribution in [0.2, 0.25) is 0 Å². The molecule has 0 aromatic heterocycles. The van der Waals surface area contributed by atoms with Gasteiger partial charge in [-0.2, -0.15) is 0 Å². The molecule has 0 fully saturated rings. The summed E-state index contributed by atoms with van der Waals surface area (Å²) < 4.78 is 35.1. The summed E-state index contributed by atoms with van der Waals surface area (Å²) in [5.74, 6) is 0. The summed E-state index contributed by atoms with van der Waals surface area (Å²) in [7, 11) is 0. The molecule has 0 saturated heterocycles. The first-order valence-electron chi connectivity index (χ1n) is 3.13. The summed E-state index contributed by atoms with van der Waals surface area (Å²) in [4.78, 5) is 0. The van der Waals surface area contributed by atoms with E-state index in [2.05, 4.69) is 0 Å². The molecule has 54 valence electrons. The fourth-order valence-electron chi connectivity index (χ4n) is 0.572. The van der Waals surface area contributed by atoms with Gasteiger partial charge in [-0.1, -0.05) is 0 Å². The van der Waals surface area contributed by atoms with E-state index in [-0.39, 0.29) is 10.4 Å². The zero-order valence-corrected chi connectivity index (χ0v) is 6.94. The van der Waals surface area contributed by atoms with Crippen LogP contribution in [-0.2, 0) is 3.74 Å². The Bertz CT molecular complexity index is 289. The molecule has 1 aromatic carbocycles. The van der Waals surface area contributed by atoms with Gasteiger partial charge in [-0.05, 0) is 0 Å². The Morgan fingerprint density at radius 3 is 2.30 bits per heavy atom. The Morgan fingerprint density at radius 2 is 1.90 bits per heavy atom. The van der Waals surface area contributed by atoms with Crippen molar-refractivity contribution in [1.29, 1.82) is 0 Å². The van der Waals surface area contributed by atoms with Crippen LogP contribution in [0.4, 0.5) is 0 Å². The third kappa shape index (κ3) is 1.74. The molecule has 0 aliphatic rings. The molecule has 0 saturated carbocycles. The van der Waals surface area contributed by atoms with Crippen molar-refractivity contribution in [2.75, 3.05) is 0 Å². The average molecular weight is 203 g/mol. The van der Waals surface area contributed by atoms with Crippen molar-refractivity contribution < 1.29 is 13.3 Å². The SMILES string of the molecule is [2H]c1ccc([As](=O)(O)O)cc1. The minimum atomic E-state index is -4.71. The number of benzene rings is 1. The van der Waals surface area contributed by atoms with Gasteiger partial charge in [-0.3, -0.25) is 0 Å². The molecule has 0 aliphatic heterocycles. The van der Waals surface area contributed by atoms with E-state index >= 15 is 0 Å². The third-order valence-corrected chi connectivity index (χ3v) is 3.07. The van der Waals surface area contributed by atoms with Crippen LogP contribution in [0.1, 0.15) is 1.37 Å². The van der Waals surface area contributed by atoms with E-state index in [1.165, 1.54) is 24.3 Å². The van der Waals surface area contributed by atoms with Crippen molar-refractivity contribution in [2.45, 2.75) is 0 Å². The van der Waals surface area contributed by atoms with Crippen LogP contribution in [0.3, 0.4) is 0 Å². The van der Waals surface area contributed by atoms with Crippen molar-refractivity contribution in [3.8, 4) is 0 Å².